The van der Waals surface area contributed by atoms with Crippen LogP contribution in [0.4, 0.5) is 0 Å². The Morgan fingerprint density at radius 3 is 1.14 bits per heavy atom. The summed E-state index contributed by atoms with van der Waals surface area (Å²) in [6.45, 7) is 21.1. The summed E-state index contributed by atoms with van der Waals surface area (Å²) in [6.07, 6.45) is 11.7. The van der Waals surface area contributed by atoms with Crippen LogP contribution < -0.4 is 0 Å². The summed E-state index contributed by atoms with van der Waals surface area (Å²) in [5, 5.41) is 0. The lowest BCUT2D eigenvalue weighted by atomic mass is 9.74. The van der Waals surface area contributed by atoms with Crippen LogP contribution >= 0.6 is 0 Å². The molecule has 0 heterocycles. The van der Waals surface area contributed by atoms with E-state index in [1.54, 1.807) is 13.8 Å². The lowest BCUT2D eigenvalue weighted by molar-refractivity contribution is -0.137. The van der Waals surface area contributed by atoms with Gasteiger partial charge >= 0.3 is 0 Å². The maximum atomic E-state index is 12.2. The van der Waals surface area contributed by atoms with E-state index in [0.717, 1.165) is 51.4 Å². The van der Waals surface area contributed by atoms with Crippen LogP contribution in [-0.2, 0) is 38.4 Å². The van der Waals surface area contributed by atoms with Gasteiger partial charge in [0.1, 0.15) is 46.3 Å². The lowest BCUT2D eigenvalue weighted by Gasteiger charge is -2.27. The van der Waals surface area contributed by atoms with Gasteiger partial charge < -0.3 is 0 Å². The van der Waals surface area contributed by atoms with Crippen molar-refractivity contribution in [3.63, 3.8) is 0 Å². The Labute approximate surface area is 311 Å². The molecule has 0 aromatic carbocycles. The predicted molar refractivity (Wildman–Crippen MR) is 208 cm³/mol. The highest BCUT2D eigenvalue weighted by Crippen LogP contribution is 2.31. The van der Waals surface area contributed by atoms with E-state index in [4.69, 9.17) is 0 Å². The van der Waals surface area contributed by atoms with Crippen molar-refractivity contribution in [2.75, 3.05) is 0 Å². The molecule has 0 amide bonds. The topological polar surface area (TPSA) is 137 Å². The highest BCUT2D eigenvalue weighted by atomic mass is 16.2. The third kappa shape index (κ3) is 25.9. The van der Waals surface area contributed by atoms with Gasteiger partial charge in [-0.1, -0.05) is 76.2 Å². The summed E-state index contributed by atoms with van der Waals surface area (Å²) in [5.74, 6) is 0.197. The van der Waals surface area contributed by atoms with Crippen molar-refractivity contribution >= 4 is 46.3 Å². The Morgan fingerprint density at radius 1 is 0.412 bits per heavy atom. The second-order valence-corrected chi connectivity index (χ2v) is 14.6. The smallest absolute Gasteiger partial charge is 0.139 e. The maximum Gasteiger partial charge on any atom is 0.139 e. The second-order valence-electron chi connectivity index (χ2n) is 14.6. The van der Waals surface area contributed by atoms with Crippen molar-refractivity contribution in [2.45, 2.75) is 205 Å². The van der Waals surface area contributed by atoms with Gasteiger partial charge in [-0.15, -0.1) is 0 Å². The summed E-state index contributed by atoms with van der Waals surface area (Å²) >= 11 is 0. The van der Waals surface area contributed by atoms with Gasteiger partial charge in [0.25, 0.3) is 0 Å². The lowest BCUT2D eigenvalue weighted by Crippen LogP contribution is -2.33. The van der Waals surface area contributed by atoms with E-state index >= 15 is 0 Å². The summed E-state index contributed by atoms with van der Waals surface area (Å²) < 4.78 is 0. The fraction of sp³-hybridized carbons (Fsp3) is 0.814. The molecular formula is C43H76O8. The molecule has 0 saturated carbocycles. The van der Waals surface area contributed by atoms with Crippen LogP contribution in [0.1, 0.15) is 205 Å². The van der Waals surface area contributed by atoms with E-state index in [9.17, 15) is 38.4 Å². The van der Waals surface area contributed by atoms with E-state index in [2.05, 4.69) is 0 Å². The minimum absolute atomic E-state index is 0.0592. The van der Waals surface area contributed by atoms with Gasteiger partial charge in [0.2, 0.25) is 0 Å². The Kier molecular flexibility index (Phi) is 33.1. The molecule has 0 spiro atoms. The van der Waals surface area contributed by atoms with Crippen LogP contribution in [0.15, 0.2) is 0 Å². The molecule has 296 valence electrons. The molecular weight excluding hydrogens is 644 g/mol. The molecule has 0 aliphatic heterocycles. The van der Waals surface area contributed by atoms with Crippen molar-refractivity contribution in [1.82, 2.24) is 0 Å². The summed E-state index contributed by atoms with van der Waals surface area (Å²) in [6, 6.07) is 0. The first-order valence-electron chi connectivity index (χ1n) is 20.2. The monoisotopic (exact) mass is 721 g/mol. The zero-order valence-corrected chi connectivity index (χ0v) is 34.6. The number of hydrogen-bond acceptors (Lipinski definition) is 8. The number of Topliss-reactive ketones (excluding diaryl/α,β-unsaturated/α-hetero) is 8. The number of rotatable bonds is 29. The molecule has 0 N–H and O–H groups in total. The van der Waals surface area contributed by atoms with Gasteiger partial charge in [-0.05, 0) is 51.4 Å². The van der Waals surface area contributed by atoms with Crippen LogP contribution in [0, 0.1) is 23.2 Å². The zero-order chi connectivity index (χ0) is 40.0. The largest absolute Gasteiger partial charge is 0.300 e. The minimum Gasteiger partial charge on any atom is -0.300 e. The average Bonchev–Trinajstić information content (AvgIpc) is 3.04. The average molecular weight is 721 g/mol. The Hall–Kier alpha value is -2.64. The standard InChI is InChI=1S/2C16H28O3.C11H20O2/c1-5-8-13(17)11-16(4,15(19)10-7-3)12-14(18)9-6-2;1-5-8-13(17)11-14(16(19)10-7-3)12(4)15(18)9-6-2;1-4-6-10(12)8-9(3)11(13)7-5-2/h5-12H2,1-4H3;12,14H,5-11H2,1-4H3;9H,4-8H2,1-3H3. The summed E-state index contributed by atoms with van der Waals surface area (Å²) in [4.78, 5) is 94.3. The third-order valence-electron chi connectivity index (χ3n) is 8.99. The van der Waals surface area contributed by atoms with Crippen LogP contribution in [0.3, 0.4) is 0 Å². The molecule has 8 heteroatoms. The zero-order valence-electron chi connectivity index (χ0n) is 34.6. The minimum atomic E-state index is -0.783. The van der Waals surface area contributed by atoms with E-state index in [1.165, 1.54) is 0 Å². The quantitative estimate of drug-likeness (QED) is 0.0744. The van der Waals surface area contributed by atoms with E-state index in [-0.39, 0.29) is 77.4 Å². The number of ketones is 8. The first-order valence-corrected chi connectivity index (χ1v) is 20.2. The molecule has 0 aliphatic rings. The second kappa shape index (κ2) is 32.0. The normalized spacial score (nSPS) is 12.6. The predicted octanol–water partition coefficient (Wildman–Crippen LogP) is 10.4. The third-order valence-corrected chi connectivity index (χ3v) is 8.99. The van der Waals surface area contributed by atoms with Crippen LogP contribution in [0.2, 0.25) is 0 Å². The molecule has 0 aromatic rings. The van der Waals surface area contributed by atoms with Gasteiger partial charge in [-0.2, -0.15) is 0 Å². The molecule has 8 nitrogen and oxygen atoms in total. The first-order chi connectivity index (χ1) is 24.0. The van der Waals surface area contributed by atoms with Gasteiger partial charge in [0, 0.05) is 100 Å². The summed E-state index contributed by atoms with van der Waals surface area (Å²) in [5.41, 5.74) is -0.783. The Balaban J connectivity index is -0.000000692. The molecule has 0 rings (SSSR count). The van der Waals surface area contributed by atoms with Crippen molar-refractivity contribution in [3.8, 4) is 0 Å². The van der Waals surface area contributed by atoms with Crippen molar-refractivity contribution in [3.05, 3.63) is 0 Å². The van der Waals surface area contributed by atoms with Crippen molar-refractivity contribution in [2.24, 2.45) is 23.2 Å². The van der Waals surface area contributed by atoms with Crippen LogP contribution in [0.25, 0.3) is 0 Å². The molecule has 0 fully saturated rings. The Morgan fingerprint density at radius 2 is 0.745 bits per heavy atom. The maximum absolute atomic E-state index is 12.2. The molecule has 3 atom stereocenters. The molecule has 51 heavy (non-hydrogen) atoms. The number of carbonyl (C=O) groups is 8. The molecule has 0 saturated heterocycles. The fourth-order valence-electron chi connectivity index (χ4n) is 6.05. The van der Waals surface area contributed by atoms with Gasteiger partial charge in [-0.3, -0.25) is 38.4 Å². The molecule has 3 unspecified atom stereocenters. The van der Waals surface area contributed by atoms with E-state index < -0.39 is 11.3 Å². The first kappa shape index (κ1) is 52.7. The number of carbonyl (C=O) groups excluding carboxylic acids is 8. The van der Waals surface area contributed by atoms with Crippen molar-refractivity contribution in [1.29, 1.82) is 0 Å². The molecule has 0 radical (unpaired) electrons. The van der Waals surface area contributed by atoms with Crippen LogP contribution in [-0.4, -0.2) is 46.3 Å². The van der Waals surface area contributed by atoms with E-state index in [1.807, 2.05) is 62.3 Å². The number of hydrogen-bond donors (Lipinski definition) is 0. The Bertz CT molecular complexity index is 1040. The highest BCUT2D eigenvalue weighted by Gasteiger charge is 2.36. The van der Waals surface area contributed by atoms with Crippen molar-refractivity contribution < 1.29 is 38.4 Å². The molecule has 0 bridgehead atoms. The van der Waals surface area contributed by atoms with Gasteiger partial charge in [0.15, 0.2) is 0 Å². The van der Waals surface area contributed by atoms with Gasteiger partial charge in [0.05, 0.1) is 0 Å². The van der Waals surface area contributed by atoms with E-state index in [0.29, 0.717) is 57.8 Å². The fourth-order valence-corrected chi connectivity index (χ4v) is 6.05. The molecule has 0 aromatic heterocycles. The van der Waals surface area contributed by atoms with Crippen LogP contribution in [0.5, 0.6) is 0 Å². The van der Waals surface area contributed by atoms with Gasteiger partial charge in [-0.25, -0.2) is 0 Å². The highest BCUT2D eigenvalue weighted by molar-refractivity contribution is 5.95. The summed E-state index contributed by atoms with van der Waals surface area (Å²) in [7, 11) is 0. The molecule has 0 aliphatic carbocycles. The SMILES string of the molecule is CCCC(=O)CC(C(=O)CCC)C(C)C(=O)CCC.CCCC(=O)CC(C)(CC(=O)CCC)C(=O)CCC.CCCC(=O)CC(C)C(=O)CCC.